The number of anilines is 1. The van der Waals surface area contributed by atoms with Gasteiger partial charge in [-0.3, -0.25) is 4.79 Å². The molecule has 1 rings (SSSR count). The van der Waals surface area contributed by atoms with Crippen LogP contribution in [0.15, 0.2) is 12.1 Å². The Labute approximate surface area is 96.7 Å². The summed E-state index contributed by atoms with van der Waals surface area (Å²) in [6.07, 6.45) is 0. The van der Waals surface area contributed by atoms with E-state index in [4.69, 9.17) is 0 Å². The van der Waals surface area contributed by atoms with E-state index in [9.17, 15) is 4.79 Å². The molecule has 1 aromatic rings. The van der Waals surface area contributed by atoms with Gasteiger partial charge in [-0.25, -0.2) is 4.98 Å². The number of carbonyl (C=O) groups is 1. The lowest BCUT2D eigenvalue weighted by atomic mass is 10.1. The van der Waals surface area contributed by atoms with Gasteiger partial charge in [0, 0.05) is 32.4 Å². The van der Waals surface area contributed by atoms with Crippen molar-refractivity contribution >= 4 is 11.7 Å². The first kappa shape index (κ1) is 12.5. The van der Waals surface area contributed by atoms with Crippen molar-refractivity contribution in [2.24, 2.45) is 0 Å². The molecule has 0 bridgehead atoms. The van der Waals surface area contributed by atoms with Crippen molar-refractivity contribution in [1.82, 2.24) is 9.88 Å². The molecule has 0 aliphatic carbocycles. The first-order valence-corrected chi connectivity index (χ1v) is 5.37. The molecule has 1 N–H and O–H groups in total. The minimum Gasteiger partial charge on any atom is -0.373 e. The lowest BCUT2D eigenvalue weighted by Crippen LogP contribution is -2.22. The highest BCUT2D eigenvalue weighted by atomic mass is 16.2. The van der Waals surface area contributed by atoms with Gasteiger partial charge in [-0.15, -0.1) is 0 Å². The van der Waals surface area contributed by atoms with Crippen LogP contribution in [0.1, 0.15) is 35.8 Å². The molecule has 1 heterocycles. The number of hydrogen-bond acceptors (Lipinski definition) is 3. The number of carbonyl (C=O) groups excluding carboxylic acids is 1. The van der Waals surface area contributed by atoms with Crippen LogP contribution in [0.3, 0.4) is 0 Å². The van der Waals surface area contributed by atoms with Crippen molar-refractivity contribution in [3.8, 4) is 0 Å². The van der Waals surface area contributed by atoms with Crippen molar-refractivity contribution in [3.63, 3.8) is 0 Å². The van der Waals surface area contributed by atoms with Crippen molar-refractivity contribution in [1.29, 1.82) is 0 Å². The molecule has 1 aromatic heterocycles. The first-order chi connectivity index (χ1) is 7.45. The maximum atomic E-state index is 11.9. The summed E-state index contributed by atoms with van der Waals surface area (Å²) in [7, 11) is 5.30. The maximum absolute atomic E-state index is 11.9. The van der Waals surface area contributed by atoms with Crippen LogP contribution in [0.2, 0.25) is 0 Å². The van der Waals surface area contributed by atoms with Gasteiger partial charge in [-0.2, -0.15) is 0 Å². The third-order valence-corrected chi connectivity index (χ3v) is 2.35. The molecular weight excluding hydrogens is 202 g/mol. The van der Waals surface area contributed by atoms with Gasteiger partial charge >= 0.3 is 0 Å². The lowest BCUT2D eigenvalue weighted by Gasteiger charge is -2.14. The minimum absolute atomic E-state index is 0.000741. The van der Waals surface area contributed by atoms with Gasteiger partial charge in [0.1, 0.15) is 5.82 Å². The van der Waals surface area contributed by atoms with Gasteiger partial charge in [0.05, 0.1) is 0 Å². The van der Waals surface area contributed by atoms with E-state index >= 15 is 0 Å². The molecule has 0 radical (unpaired) electrons. The maximum Gasteiger partial charge on any atom is 0.253 e. The first-order valence-electron chi connectivity index (χ1n) is 5.37. The van der Waals surface area contributed by atoms with E-state index in [-0.39, 0.29) is 5.91 Å². The molecule has 0 saturated heterocycles. The van der Waals surface area contributed by atoms with Gasteiger partial charge in [0.25, 0.3) is 5.91 Å². The number of amides is 1. The van der Waals surface area contributed by atoms with E-state index in [1.165, 1.54) is 0 Å². The van der Waals surface area contributed by atoms with Crippen LogP contribution in [-0.4, -0.2) is 36.9 Å². The van der Waals surface area contributed by atoms with Crippen molar-refractivity contribution < 1.29 is 4.79 Å². The van der Waals surface area contributed by atoms with Crippen LogP contribution in [0.5, 0.6) is 0 Å². The van der Waals surface area contributed by atoms with E-state index in [2.05, 4.69) is 24.1 Å². The molecule has 0 unspecified atom stereocenters. The molecule has 1 amide bonds. The summed E-state index contributed by atoms with van der Waals surface area (Å²) in [5.74, 6) is 1.04. The highest BCUT2D eigenvalue weighted by molar-refractivity contribution is 5.94. The Kier molecular flexibility index (Phi) is 3.88. The number of nitrogens with zero attached hydrogens (tertiary/aromatic N) is 2. The van der Waals surface area contributed by atoms with E-state index in [1.807, 2.05) is 6.07 Å². The monoisotopic (exact) mass is 221 g/mol. The van der Waals surface area contributed by atoms with Crippen molar-refractivity contribution in [2.75, 3.05) is 26.5 Å². The van der Waals surface area contributed by atoms with Crippen molar-refractivity contribution in [2.45, 2.75) is 19.8 Å². The lowest BCUT2D eigenvalue weighted by molar-refractivity contribution is 0.0827. The average molecular weight is 221 g/mol. The Morgan fingerprint density at radius 3 is 2.44 bits per heavy atom. The summed E-state index contributed by atoms with van der Waals surface area (Å²) >= 11 is 0. The van der Waals surface area contributed by atoms with Crippen LogP contribution in [0.4, 0.5) is 5.82 Å². The number of aromatic nitrogens is 1. The number of hydrogen-bond donors (Lipinski definition) is 1. The number of pyridine rings is 1. The predicted octanol–water partition coefficient (Wildman–Crippen LogP) is 1.95. The highest BCUT2D eigenvalue weighted by Crippen LogP contribution is 2.18. The van der Waals surface area contributed by atoms with E-state index in [0.29, 0.717) is 11.5 Å². The second-order valence-electron chi connectivity index (χ2n) is 4.27. The zero-order chi connectivity index (χ0) is 12.3. The second-order valence-corrected chi connectivity index (χ2v) is 4.27. The minimum atomic E-state index is 0.000741. The summed E-state index contributed by atoms with van der Waals surface area (Å²) in [5.41, 5.74) is 1.60. The van der Waals surface area contributed by atoms with Gasteiger partial charge in [0.2, 0.25) is 0 Å². The fourth-order valence-electron chi connectivity index (χ4n) is 1.36. The van der Waals surface area contributed by atoms with Crippen molar-refractivity contribution in [3.05, 3.63) is 23.4 Å². The molecule has 0 fully saturated rings. The Bertz CT molecular complexity index is 386. The Hall–Kier alpha value is -1.58. The van der Waals surface area contributed by atoms with E-state index < -0.39 is 0 Å². The average Bonchev–Trinajstić information content (AvgIpc) is 2.27. The topological polar surface area (TPSA) is 45.2 Å². The molecule has 4 heteroatoms. The molecule has 4 nitrogen and oxygen atoms in total. The van der Waals surface area contributed by atoms with Crippen LogP contribution in [0, 0.1) is 0 Å². The van der Waals surface area contributed by atoms with Gasteiger partial charge in [-0.1, -0.05) is 13.8 Å². The SMILES string of the molecule is CNc1cc(C(=O)N(C)C)cc(C(C)C)n1. The number of rotatable bonds is 3. The Morgan fingerprint density at radius 1 is 1.38 bits per heavy atom. The normalized spacial score (nSPS) is 10.4. The molecule has 0 aliphatic rings. The summed E-state index contributed by atoms with van der Waals surface area (Å²) in [5, 5.41) is 2.97. The van der Waals surface area contributed by atoms with E-state index in [1.54, 1.807) is 32.1 Å². The van der Waals surface area contributed by atoms with Crippen LogP contribution < -0.4 is 5.32 Å². The predicted molar refractivity (Wildman–Crippen MR) is 65.9 cm³/mol. The van der Waals surface area contributed by atoms with Crippen LogP contribution in [0.25, 0.3) is 0 Å². The van der Waals surface area contributed by atoms with E-state index in [0.717, 1.165) is 11.5 Å². The van der Waals surface area contributed by atoms with Gasteiger partial charge in [0.15, 0.2) is 0 Å². The van der Waals surface area contributed by atoms with Crippen LogP contribution in [-0.2, 0) is 0 Å². The molecule has 0 saturated carbocycles. The summed E-state index contributed by atoms with van der Waals surface area (Å²) in [6.45, 7) is 4.12. The molecule has 88 valence electrons. The molecule has 0 aliphatic heterocycles. The molecule has 0 atom stereocenters. The molecular formula is C12H19N3O. The van der Waals surface area contributed by atoms with Gasteiger partial charge in [-0.05, 0) is 18.1 Å². The fraction of sp³-hybridized carbons (Fsp3) is 0.500. The summed E-state index contributed by atoms with van der Waals surface area (Å²) < 4.78 is 0. The summed E-state index contributed by atoms with van der Waals surface area (Å²) in [6, 6.07) is 3.63. The Morgan fingerprint density at radius 2 is 2.00 bits per heavy atom. The third-order valence-electron chi connectivity index (χ3n) is 2.35. The molecule has 0 spiro atoms. The zero-order valence-corrected chi connectivity index (χ0v) is 10.5. The fourth-order valence-corrected chi connectivity index (χ4v) is 1.36. The third kappa shape index (κ3) is 2.72. The smallest absolute Gasteiger partial charge is 0.253 e. The van der Waals surface area contributed by atoms with Gasteiger partial charge < -0.3 is 10.2 Å². The zero-order valence-electron chi connectivity index (χ0n) is 10.5. The standard InChI is InChI=1S/C12H19N3O/c1-8(2)10-6-9(12(16)15(4)5)7-11(13-3)14-10/h6-8H,1-5H3,(H,13,14). The highest BCUT2D eigenvalue weighted by Gasteiger charge is 2.12. The Balaban J connectivity index is 3.19. The summed E-state index contributed by atoms with van der Waals surface area (Å²) in [4.78, 5) is 17.8. The molecule has 0 aromatic carbocycles. The quantitative estimate of drug-likeness (QED) is 0.848. The number of nitrogens with one attached hydrogen (secondary N) is 1. The van der Waals surface area contributed by atoms with Crippen LogP contribution >= 0.6 is 0 Å². The second kappa shape index (κ2) is 4.96. The largest absolute Gasteiger partial charge is 0.373 e. The molecule has 16 heavy (non-hydrogen) atoms.